The Morgan fingerprint density at radius 2 is 1.80 bits per heavy atom. The van der Waals surface area contributed by atoms with Crippen molar-refractivity contribution in [2.75, 3.05) is 0 Å². The van der Waals surface area contributed by atoms with Gasteiger partial charge in [0, 0.05) is 5.56 Å². The average Bonchev–Trinajstić information content (AvgIpc) is 2.92. The van der Waals surface area contributed by atoms with Crippen molar-refractivity contribution < 1.29 is 14.3 Å². The molecule has 4 nitrogen and oxygen atoms in total. The minimum atomic E-state index is -0.511. The van der Waals surface area contributed by atoms with Crippen molar-refractivity contribution in [1.29, 1.82) is 0 Å². The van der Waals surface area contributed by atoms with Crippen LogP contribution in [-0.4, -0.2) is 18.0 Å². The van der Waals surface area contributed by atoms with E-state index in [4.69, 9.17) is 32.7 Å². The van der Waals surface area contributed by atoms with E-state index in [1.54, 1.807) is 24.3 Å². The molecule has 1 aliphatic rings. The van der Waals surface area contributed by atoms with Crippen LogP contribution in [0.2, 0.25) is 10.0 Å². The molecule has 0 atom stereocenters. The lowest BCUT2D eigenvalue weighted by Gasteiger charge is -2.09. The minimum Gasteiger partial charge on any atom is -0.491 e. The predicted molar refractivity (Wildman–Crippen MR) is 99.3 cm³/mol. The van der Waals surface area contributed by atoms with Crippen molar-refractivity contribution in [2.45, 2.75) is 20.0 Å². The number of hydrogen-bond acceptors (Lipinski definition) is 4. The van der Waals surface area contributed by atoms with Crippen molar-refractivity contribution in [1.82, 2.24) is 0 Å². The van der Waals surface area contributed by atoms with Gasteiger partial charge in [-0.15, -0.1) is 0 Å². The first-order chi connectivity index (χ1) is 11.9. The van der Waals surface area contributed by atoms with E-state index in [0.29, 0.717) is 15.6 Å². The van der Waals surface area contributed by atoms with E-state index in [1.165, 1.54) is 0 Å². The molecule has 0 aromatic heterocycles. The van der Waals surface area contributed by atoms with Crippen LogP contribution in [0.3, 0.4) is 0 Å². The maximum atomic E-state index is 12.0. The number of carbonyl (C=O) groups is 1. The maximum absolute atomic E-state index is 12.0. The molecular weight excluding hydrogens is 361 g/mol. The van der Waals surface area contributed by atoms with Gasteiger partial charge in [-0.3, -0.25) is 0 Å². The van der Waals surface area contributed by atoms with Crippen molar-refractivity contribution in [3.05, 3.63) is 69.3 Å². The molecule has 0 unspecified atom stereocenters. The number of hydrogen-bond donors (Lipinski definition) is 0. The molecule has 0 fully saturated rings. The van der Waals surface area contributed by atoms with Crippen molar-refractivity contribution in [3.8, 4) is 5.75 Å². The van der Waals surface area contributed by atoms with Crippen molar-refractivity contribution in [2.24, 2.45) is 4.99 Å². The molecule has 25 heavy (non-hydrogen) atoms. The SMILES string of the molecule is CC(C)Oc1ccc(/C=C2\N=C(c3ccc(Cl)c(Cl)c3)OC2=O)cc1. The van der Waals surface area contributed by atoms with E-state index in [1.807, 2.05) is 38.1 Å². The number of rotatable bonds is 4. The summed E-state index contributed by atoms with van der Waals surface area (Å²) in [6.07, 6.45) is 1.76. The fourth-order valence-electron chi connectivity index (χ4n) is 2.23. The van der Waals surface area contributed by atoms with Crippen LogP contribution in [0.1, 0.15) is 25.0 Å². The van der Waals surface area contributed by atoms with Crippen LogP contribution in [0.4, 0.5) is 0 Å². The van der Waals surface area contributed by atoms with Gasteiger partial charge in [0.1, 0.15) is 5.75 Å². The number of esters is 1. The Hall–Kier alpha value is -2.30. The number of benzene rings is 2. The third kappa shape index (κ3) is 4.21. The number of halogens is 2. The van der Waals surface area contributed by atoms with Gasteiger partial charge < -0.3 is 9.47 Å². The third-order valence-electron chi connectivity index (χ3n) is 3.34. The van der Waals surface area contributed by atoms with Crippen LogP contribution < -0.4 is 4.74 Å². The first-order valence-corrected chi connectivity index (χ1v) is 8.42. The quantitative estimate of drug-likeness (QED) is 0.549. The van der Waals surface area contributed by atoms with Gasteiger partial charge in [0.15, 0.2) is 5.70 Å². The molecule has 0 saturated carbocycles. The first-order valence-electron chi connectivity index (χ1n) is 7.67. The molecule has 0 saturated heterocycles. The van der Waals surface area contributed by atoms with E-state index in [9.17, 15) is 4.79 Å². The second-order valence-electron chi connectivity index (χ2n) is 5.70. The summed E-state index contributed by atoms with van der Waals surface area (Å²) in [5.74, 6) is 0.462. The highest BCUT2D eigenvalue weighted by molar-refractivity contribution is 6.42. The maximum Gasteiger partial charge on any atom is 0.363 e. The monoisotopic (exact) mass is 375 g/mol. The lowest BCUT2D eigenvalue weighted by molar-refractivity contribution is -0.129. The topological polar surface area (TPSA) is 47.9 Å². The summed E-state index contributed by atoms with van der Waals surface area (Å²) < 4.78 is 10.8. The van der Waals surface area contributed by atoms with Gasteiger partial charge in [0.2, 0.25) is 5.90 Å². The van der Waals surface area contributed by atoms with Gasteiger partial charge in [-0.1, -0.05) is 35.3 Å². The number of carbonyl (C=O) groups excluding carboxylic acids is 1. The fraction of sp³-hybridized carbons (Fsp3) is 0.158. The third-order valence-corrected chi connectivity index (χ3v) is 4.08. The molecule has 0 N–H and O–H groups in total. The molecule has 2 aromatic rings. The van der Waals surface area contributed by atoms with Gasteiger partial charge in [-0.05, 0) is 55.8 Å². The Morgan fingerprint density at radius 3 is 2.44 bits per heavy atom. The number of cyclic esters (lactones) is 1. The zero-order valence-electron chi connectivity index (χ0n) is 13.6. The van der Waals surface area contributed by atoms with Gasteiger partial charge >= 0.3 is 5.97 Å². The van der Waals surface area contributed by atoms with Gasteiger partial charge in [0.05, 0.1) is 16.1 Å². The van der Waals surface area contributed by atoms with Crippen molar-refractivity contribution >= 4 is 41.1 Å². The zero-order chi connectivity index (χ0) is 18.0. The minimum absolute atomic E-state index is 0.104. The zero-order valence-corrected chi connectivity index (χ0v) is 15.1. The van der Waals surface area contributed by atoms with Crippen LogP contribution in [0, 0.1) is 0 Å². The molecule has 0 radical (unpaired) electrons. The van der Waals surface area contributed by atoms with E-state index in [2.05, 4.69) is 4.99 Å². The van der Waals surface area contributed by atoms with Gasteiger partial charge in [0.25, 0.3) is 0 Å². The van der Waals surface area contributed by atoms with Crippen LogP contribution >= 0.6 is 23.2 Å². The Balaban J connectivity index is 1.84. The summed E-state index contributed by atoms with van der Waals surface area (Å²) in [5, 5.41) is 0.797. The van der Waals surface area contributed by atoms with Crippen LogP contribution in [0.15, 0.2) is 53.2 Å². The molecule has 2 aromatic carbocycles. The molecule has 6 heteroatoms. The molecule has 0 bridgehead atoms. The summed E-state index contributed by atoms with van der Waals surface area (Å²) in [6, 6.07) is 12.3. The largest absolute Gasteiger partial charge is 0.491 e. The van der Waals surface area contributed by atoms with Crippen molar-refractivity contribution in [3.63, 3.8) is 0 Å². The Morgan fingerprint density at radius 1 is 1.08 bits per heavy atom. The standard InChI is InChI=1S/C19H15Cl2NO3/c1-11(2)24-14-6-3-12(4-7-14)9-17-19(23)25-18(22-17)13-5-8-15(20)16(21)10-13/h3-11H,1-2H3/b17-9-. The second-order valence-corrected chi connectivity index (χ2v) is 6.51. The lowest BCUT2D eigenvalue weighted by Crippen LogP contribution is -2.05. The molecule has 128 valence electrons. The fourth-order valence-corrected chi connectivity index (χ4v) is 2.53. The highest BCUT2D eigenvalue weighted by Gasteiger charge is 2.24. The summed E-state index contributed by atoms with van der Waals surface area (Å²) in [4.78, 5) is 16.3. The molecule has 1 heterocycles. The van der Waals surface area contributed by atoms with E-state index in [0.717, 1.165) is 11.3 Å². The van der Waals surface area contributed by atoms with Gasteiger partial charge in [-0.2, -0.15) is 0 Å². The summed E-state index contributed by atoms with van der Waals surface area (Å²) >= 11 is 11.9. The predicted octanol–water partition coefficient (Wildman–Crippen LogP) is 5.13. The van der Waals surface area contributed by atoms with E-state index < -0.39 is 5.97 Å². The van der Waals surface area contributed by atoms with Gasteiger partial charge in [-0.25, -0.2) is 9.79 Å². The summed E-state index contributed by atoms with van der Waals surface area (Å²) in [6.45, 7) is 3.92. The number of aliphatic imine (C=N–C) groups is 1. The molecule has 1 aliphatic heterocycles. The first kappa shape index (κ1) is 17.5. The van der Waals surface area contributed by atoms with E-state index in [-0.39, 0.29) is 17.7 Å². The molecular formula is C19H15Cl2NO3. The molecule has 0 spiro atoms. The highest BCUT2D eigenvalue weighted by Crippen LogP contribution is 2.26. The molecule has 0 amide bonds. The average molecular weight is 376 g/mol. The summed E-state index contributed by atoms with van der Waals surface area (Å²) in [7, 11) is 0. The lowest BCUT2D eigenvalue weighted by atomic mass is 10.2. The molecule has 0 aliphatic carbocycles. The molecule has 3 rings (SSSR count). The number of ether oxygens (including phenoxy) is 2. The normalized spacial score (nSPS) is 15.5. The van der Waals surface area contributed by atoms with Crippen LogP contribution in [0.25, 0.3) is 6.08 Å². The summed E-state index contributed by atoms with van der Waals surface area (Å²) in [5.41, 5.74) is 1.63. The second kappa shape index (κ2) is 7.30. The number of nitrogens with zero attached hydrogens (tertiary/aromatic N) is 1. The Kier molecular flexibility index (Phi) is 5.11. The van der Waals surface area contributed by atoms with Crippen LogP contribution in [0.5, 0.6) is 5.75 Å². The highest BCUT2D eigenvalue weighted by atomic mass is 35.5. The Labute approximate surface area is 155 Å². The Bertz CT molecular complexity index is 871. The van der Waals surface area contributed by atoms with Crippen LogP contribution in [-0.2, 0) is 9.53 Å². The smallest absolute Gasteiger partial charge is 0.363 e. The van der Waals surface area contributed by atoms with E-state index >= 15 is 0 Å².